The number of anilines is 1. The molecule has 0 heterocycles. The molecule has 0 fully saturated rings. The fourth-order valence-corrected chi connectivity index (χ4v) is 1.69. The largest absolute Gasteiger partial charge is 0.366 e. The molecular weight excluding hydrogens is 228 g/mol. The molecule has 2 N–H and O–H groups in total. The highest BCUT2D eigenvalue weighted by atomic mass is 32.1. The molecule has 0 aromatic heterocycles. The molecule has 0 amide bonds. The summed E-state index contributed by atoms with van der Waals surface area (Å²) >= 11 is 5.04. The zero-order chi connectivity index (χ0) is 12.1. The smallest absolute Gasteiger partial charge is 0.170 e. The molecule has 0 saturated heterocycles. The molecule has 17 heavy (non-hydrogen) atoms. The van der Waals surface area contributed by atoms with Gasteiger partial charge in [-0.1, -0.05) is 42.5 Å². The van der Waals surface area contributed by atoms with Crippen LogP contribution in [0.25, 0.3) is 11.1 Å². The van der Waals surface area contributed by atoms with E-state index in [1.807, 2.05) is 30.3 Å². The highest BCUT2D eigenvalue weighted by molar-refractivity contribution is 7.80. The van der Waals surface area contributed by atoms with Gasteiger partial charge in [-0.15, -0.1) is 0 Å². The van der Waals surface area contributed by atoms with Crippen LogP contribution in [-0.2, 0) is 0 Å². The van der Waals surface area contributed by atoms with E-state index in [1.54, 1.807) is 7.05 Å². The van der Waals surface area contributed by atoms with E-state index in [0.29, 0.717) is 5.11 Å². The number of rotatable bonds is 2. The van der Waals surface area contributed by atoms with Gasteiger partial charge in [0.05, 0.1) is 0 Å². The van der Waals surface area contributed by atoms with Gasteiger partial charge in [0.25, 0.3) is 0 Å². The van der Waals surface area contributed by atoms with Crippen molar-refractivity contribution in [2.75, 3.05) is 12.4 Å². The Hall–Kier alpha value is -1.87. The Morgan fingerprint density at radius 1 is 0.882 bits per heavy atom. The van der Waals surface area contributed by atoms with Crippen LogP contribution in [0.3, 0.4) is 0 Å². The Labute approximate surface area is 107 Å². The molecule has 0 saturated carbocycles. The van der Waals surface area contributed by atoms with E-state index in [9.17, 15) is 0 Å². The van der Waals surface area contributed by atoms with Gasteiger partial charge in [-0.3, -0.25) is 0 Å². The maximum absolute atomic E-state index is 5.04. The van der Waals surface area contributed by atoms with E-state index in [2.05, 4.69) is 34.9 Å². The molecule has 86 valence electrons. The summed E-state index contributed by atoms with van der Waals surface area (Å²) in [6.07, 6.45) is 0. The summed E-state index contributed by atoms with van der Waals surface area (Å²) in [4.78, 5) is 0. The summed E-state index contributed by atoms with van der Waals surface area (Å²) in [6.45, 7) is 0. The molecule has 2 rings (SSSR count). The summed E-state index contributed by atoms with van der Waals surface area (Å²) in [5.74, 6) is 0. The van der Waals surface area contributed by atoms with E-state index in [4.69, 9.17) is 12.2 Å². The van der Waals surface area contributed by atoms with Gasteiger partial charge in [-0.25, -0.2) is 0 Å². The number of benzene rings is 2. The fourth-order valence-electron chi connectivity index (χ4n) is 1.57. The molecule has 3 heteroatoms. The van der Waals surface area contributed by atoms with Crippen LogP contribution >= 0.6 is 12.2 Å². The van der Waals surface area contributed by atoms with Crippen molar-refractivity contribution < 1.29 is 0 Å². The first-order valence-corrected chi connectivity index (χ1v) is 5.84. The number of hydrogen-bond acceptors (Lipinski definition) is 1. The molecular formula is C14H14N2S. The summed E-state index contributed by atoms with van der Waals surface area (Å²) in [5.41, 5.74) is 3.41. The first-order valence-electron chi connectivity index (χ1n) is 5.44. The molecule has 2 aromatic rings. The third-order valence-electron chi connectivity index (χ3n) is 2.48. The summed E-state index contributed by atoms with van der Waals surface area (Å²) < 4.78 is 0. The monoisotopic (exact) mass is 242 g/mol. The summed E-state index contributed by atoms with van der Waals surface area (Å²) in [6, 6.07) is 18.5. The van der Waals surface area contributed by atoms with Crippen LogP contribution in [-0.4, -0.2) is 12.2 Å². The lowest BCUT2D eigenvalue weighted by atomic mass is 10.1. The number of nitrogens with one attached hydrogen (secondary N) is 2. The normalized spacial score (nSPS) is 9.71. The van der Waals surface area contributed by atoms with Crippen LogP contribution in [0.1, 0.15) is 0 Å². The van der Waals surface area contributed by atoms with Crippen molar-refractivity contribution >= 4 is 23.0 Å². The van der Waals surface area contributed by atoms with Gasteiger partial charge < -0.3 is 10.6 Å². The predicted octanol–water partition coefficient (Wildman–Crippen LogP) is 3.27. The third kappa shape index (κ3) is 3.04. The zero-order valence-electron chi connectivity index (χ0n) is 9.60. The molecule has 0 bridgehead atoms. The zero-order valence-corrected chi connectivity index (χ0v) is 10.4. The average Bonchev–Trinajstić information content (AvgIpc) is 2.40. The first-order chi connectivity index (χ1) is 8.29. The SMILES string of the molecule is CNC(=S)Nc1ccc(-c2ccccc2)cc1. The van der Waals surface area contributed by atoms with Gasteiger partial charge in [0.1, 0.15) is 0 Å². The van der Waals surface area contributed by atoms with Gasteiger partial charge in [0, 0.05) is 12.7 Å². The predicted molar refractivity (Wildman–Crippen MR) is 77.2 cm³/mol. The average molecular weight is 242 g/mol. The van der Waals surface area contributed by atoms with Crippen LogP contribution in [0.5, 0.6) is 0 Å². The minimum absolute atomic E-state index is 0.623. The van der Waals surface area contributed by atoms with E-state index >= 15 is 0 Å². The topological polar surface area (TPSA) is 24.1 Å². The lowest BCUT2D eigenvalue weighted by Gasteiger charge is -2.08. The van der Waals surface area contributed by atoms with Crippen LogP contribution in [0.2, 0.25) is 0 Å². The second-order valence-electron chi connectivity index (χ2n) is 3.65. The van der Waals surface area contributed by atoms with Crippen molar-refractivity contribution in [3.63, 3.8) is 0 Å². The first kappa shape index (κ1) is 11.6. The maximum Gasteiger partial charge on any atom is 0.170 e. The van der Waals surface area contributed by atoms with Crippen molar-refractivity contribution in [3.8, 4) is 11.1 Å². The van der Waals surface area contributed by atoms with Crippen LogP contribution in [0.15, 0.2) is 54.6 Å². The second-order valence-corrected chi connectivity index (χ2v) is 4.06. The van der Waals surface area contributed by atoms with Crippen LogP contribution in [0.4, 0.5) is 5.69 Å². The summed E-state index contributed by atoms with van der Waals surface area (Å²) in [5, 5.41) is 6.59. The molecule has 0 radical (unpaired) electrons. The molecule has 2 nitrogen and oxygen atoms in total. The fraction of sp³-hybridized carbons (Fsp3) is 0.0714. The quantitative estimate of drug-likeness (QED) is 0.790. The van der Waals surface area contributed by atoms with E-state index in [1.165, 1.54) is 11.1 Å². The minimum atomic E-state index is 0.623. The molecule has 0 unspecified atom stereocenters. The molecule has 2 aromatic carbocycles. The van der Waals surface area contributed by atoms with Crippen molar-refractivity contribution in [1.29, 1.82) is 0 Å². The Bertz CT molecular complexity index is 491. The highest BCUT2D eigenvalue weighted by Gasteiger charge is 1.98. The second kappa shape index (κ2) is 5.46. The van der Waals surface area contributed by atoms with Gasteiger partial charge in [-0.2, -0.15) is 0 Å². The van der Waals surface area contributed by atoms with Gasteiger partial charge in [0.2, 0.25) is 0 Å². The highest BCUT2D eigenvalue weighted by Crippen LogP contribution is 2.20. The van der Waals surface area contributed by atoms with Crippen molar-refractivity contribution in [2.24, 2.45) is 0 Å². The molecule has 0 aliphatic rings. The number of thiocarbonyl (C=S) groups is 1. The molecule has 0 atom stereocenters. The van der Waals surface area contributed by atoms with Gasteiger partial charge in [-0.05, 0) is 35.5 Å². The molecule has 0 aliphatic carbocycles. The van der Waals surface area contributed by atoms with Crippen molar-refractivity contribution in [1.82, 2.24) is 5.32 Å². The summed E-state index contributed by atoms with van der Waals surface area (Å²) in [7, 11) is 1.80. The van der Waals surface area contributed by atoms with Gasteiger partial charge >= 0.3 is 0 Å². The Morgan fingerprint density at radius 2 is 1.47 bits per heavy atom. The Morgan fingerprint density at radius 3 is 2.06 bits per heavy atom. The van der Waals surface area contributed by atoms with Crippen LogP contribution in [0, 0.1) is 0 Å². The standard InChI is InChI=1S/C14H14N2S/c1-15-14(17)16-13-9-7-12(8-10-13)11-5-3-2-4-6-11/h2-10H,1H3,(H2,15,16,17). The van der Waals surface area contributed by atoms with E-state index in [0.717, 1.165) is 5.69 Å². The number of hydrogen-bond donors (Lipinski definition) is 2. The Kier molecular flexibility index (Phi) is 3.73. The Balaban J connectivity index is 2.16. The minimum Gasteiger partial charge on any atom is -0.366 e. The third-order valence-corrected chi connectivity index (χ3v) is 2.78. The van der Waals surface area contributed by atoms with Crippen molar-refractivity contribution in [2.45, 2.75) is 0 Å². The lowest BCUT2D eigenvalue weighted by molar-refractivity contribution is 1.20. The van der Waals surface area contributed by atoms with Gasteiger partial charge in [0.15, 0.2) is 5.11 Å². The molecule has 0 aliphatic heterocycles. The van der Waals surface area contributed by atoms with Crippen molar-refractivity contribution in [3.05, 3.63) is 54.6 Å². The maximum atomic E-state index is 5.04. The van der Waals surface area contributed by atoms with E-state index in [-0.39, 0.29) is 0 Å². The van der Waals surface area contributed by atoms with Crippen LogP contribution < -0.4 is 10.6 Å². The van der Waals surface area contributed by atoms with E-state index < -0.39 is 0 Å². The lowest BCUT2D eigenvalue weighted by Crippen LogP contribution is -2.23. The molecule has 0 spiro atoms.